The fraction of sp³-hybridized carbons (Fsp3) is 0.867. The summed E-state index contributed by atoms with van der Waals surface area (Å²) in [6.07, 6.45) is 1.64. The molecule has 0 heterocycles. The monoisotopic (exact) mass is 434 g/mol. The highest BCUT2D eigenvalue weighted by atomic mass is 35.5. The van der Waals surface area contributed by atoms with Crippen molar-refractivity contribution >= 4 is 57.2 Å². The molecule has 0 saturated heterocycles. The van der Waals surface area contributed by atoms with Crippen molar-refractivity contribution in [2.75, 3.05) is 11.8 Å². The summed E-state index contributed by atoms with van der Waals surface area (Å²) < 4.78 is 11.8. The topological polar surface area (TPSA) is 18.5 Å². The molecule has 142 valence electrons. The van der Waals surface area contributed by atoms with E-state index in [-0.39, 0.29) is 0 Å². The minimum Gasteiger partial charge on any atom is -0.458 e. The molecule has 0 N–H and O–H groups in total. The van der Waals surface area contributed by atoms with Gasteiger partial charge in [0.25, 0.3) is 0 Å². The minimum absolute atomic E-state index is 0.556. The van der Waals surface area contributed by atoms with Gasteiger partial charge in [0.05, 0.1) is 0 Å². The molecule has 0 saturated carbocycles. The zero-order valence-corrected chi connectivity index (χ0v) is 22.7. The largest absolute Gasteiger partial charge is 0.458 e. The van der Waals surface area contributed by atoms with Gasteiger partial charge in [0.2, 0.25) is 0 Å². The maximum absolute atomic E-state index is 6.06. The van der Waals surface area contributed by atoms with Gasteiger partial charge in [0, 0.05) is 11.8 Å². The highest BCUT2D eigenvalue weighted by molar-refractivity contribution is 6.84. The summed E-state index contributed by atoms with van der Waals surface area (Å²) in [4.78, 5) is 0. The lowest BCUT2D eigenvalue weighted by Gasteiger charge is -2.30. The summed E-state index contributed by atoms with van der Waals surface area (Å²) >= 11 is 10.8. The van der Waals surface area contributed by atoms with Gasteiger partial charge in [-0.05, 0) is 71.5 Å². The van der Waals surface area contributed by atoms with Crippen LogP contribution in [-0.4, -0.2) is 45.8 Å². The number of alkyl halides is 2. The van der Waals surface area contributed by atoms with E-state index in [0.29, 0.717) is 5.88 Å². The van der Waals surface area contributed by atoms with Crippen LogP contribution in [-0.2, 0) is 8.23 Å². The van der Waals surface area contributed by atoms with E-state index in [1.54, 1.807) is 6.08 Å². The van der Waals surface area contributed by atoms with Gasteiger partial charge in [0.1, 0.15) is 0 Å². The highest BCUT2D eigenvalue weighted by Gasteiger charge is 2.28. The first kappa shape index (κ1) is 28.9. The van der Waals surface area contributed by atoms with Crippen molar-refractivity contribution in [3.05, 3.63) is 12.7 Å². The zero-order valence-electron chi connectivity index (χ0n) is 17.1. The first-order valence-corrected chi connectivity index (χ1v) is 22.0. The normalized spacial score (nSPS) is 12.0. The van der Waals surface area contributed by atoms with E-state index in [2.05, 4.69) is 72.0 Å². The number of halogens is 2. The van der Waals surface area contributed by atoms with Crippen molar-refractivity contribution in [2.24, 2.45) is 0 Å². The van der Waals surface area contributed by atoms with Crippen LogP contribution in [0.1, 0.15) is 0 Å². The van der Waals surface area contributed by atoms with Crippen LogP contribution in [0, 0.1) is 0 Å². The first-order chi connectivity index (χ1) is 10.1. The Labute approximate surface area is 161 Å². The summed E-state index contributed by atoms with van der Waals surface area (Å²) in [7, 11) is -4.63. The van der Waals surface area contributed by atoms with Crippen molar-refractivity contribution in [3.63, 3.8) is 0 Å². The van der Waals surface area contributed by atoms with E-state index in [1.165, 1.54) is 0 Å². The van der Waals surface area contributed by atoms with Gasteiger partial charge in [-0.25, -0.2) is 0 Å². The Morgan fingerprint density at radius 1 is 0.913 bits per heavy atom. The maximum Gasteiger partial charge on any atom is 0.174 e. The summed E-state index contributed by atoms with van der Waals surface area (Å²) in [5, 5.41) is 0. The summed E-state index contributed by atoms with van der Waals surface area (Å²) in [5.74, 6) is 1.30. The molecule has 0 amide bonds. The Balaban J connectivity index is -0.000000292. The lowest BCUT2D eigenvalue weighted by molar-refractivity contribution is 0.551. The van der Waals surface area contributed by atoms with Crippen molar-refractivity contribution in [3.8, 4) is 0 Å². The second-order valence-corrected chi connectivity index (χ2v) is 25.1. The van der Waals surface area contributed by atoms with E-state index in [4.69, 9.17) is 31.4 Å². The van der Waals surface area contributed by atoms with Crippen molar-refractivity contribution < 1.29 is 8.23 Å². The van der Waals surface area contributed by atoms with E-state index in [0.717, 1.165) is 11.9 Å². The van der Waals surface area contributed by atoms with Gasteiger partial charge in [0.15, 0.2) is 34.0 Å². The second-order valence-electron chi connectivity index (χ2n) is 8.14. The van der Waals surface area contributed by atoms with E-state index in [1.807, 2.05) is 0 Å². The smallest absolute Gasteiger partial charge is 0.174 e. The zero-order chi connectivity index (χ0) is 19.3. The van der Waals surface area contributed by atoms with Crippen LogP contribution >= 0.6 is 23.2 Å². The molecule has 0 aromatic carbocycles. The molecule has 23 heavy (non-hydrogen) atoms. The molecule has 0 atom stereocenters. The number of rotatable bonds is 7. The lowest BCUT2D eigenvalue weighted by Crippen LogP contribution is -2.42. The Morgan fingerprint density at radius 2 is 1.30 bits per heavy atom. The molecular weight excluding hydrogens is 395 g/mol. The van der Waals surface area contributed by atoms with Crippen LogP contribution < -0.4 is 0 Å². The second kappa shape index (κ2) is 14.3. The molecule has 0 aliphatic heterocycles. The number of allylic oxidation sites excluding steroid dienone is 1. The molecule has 0 spiro atoms. The molecule has 0 bridgehead atoms. The Hall–Kier alpha value is 1.11. The van der Waals surface area contributed by atoms with Crippen LogP contribution in [0.5, 0.6) is 0 Å². The molecule has 0 rings (SSSR count). The molecule has 0 aliphatic carbocycles. The molecule has 8 heteroatoms. The summed E-state index contributed by atoms with van der Waals surface area (Å²) in [6.45, 7) is 25.7. The quantitative estimate of drug-likeness (QED) is 0.258. The molecule has 0 radical (unpaired) electrons. The fourth-order valence-electron chi connectivity index (χ4n) is 1.81. The van der Waals surface area contributed by atoms with Crippen LogP contribution in [0.3, 0.4) is 0 Å². The van der Waals surface area contributed by atoms with Gasteiger partial charge < -0.3 is 8.23 Å². The predicted molar refractivity (Wildman–Crippen MR) is 122 cm³/mol. The van der Waals surface area contributed by atoms with Crippen molar-refractivity contribution in [1.29, 1.82) is 0 Å². The number of hydrogen-bond acceptors (Lipinski definition) is 2. The van der Waals surface area contributed by atoms with Crippen molar-refractivity contribution in [2.45, 2.75) is 71.5 Å². The minimum atomic E-state index is -1.41. The third kappa shape index (κ3) is 35.2. The Morgan fingerprint density at radius 3 is 1.43 bits per heavy atom. The van der Waals surface area contributed by atoms with Gasteiger partial charge >= 0.3 is 0 Å². The van der Waals surface area contributed by atoms with Crippen LogP contribution in [0.4, 0.5) is 0 Å². The highest BCUT2D eigenvalue weighted by Crippen LogP contribution is 2.18. The molecule has 0 aliphatic rings. The van der Waals surface area contributed by atoms with E-state index in [9.17, 15) is 0 Å². The molecule has 0 aromatic heterocycles. The van der Waals surface area contributed by atoms with Gasteiger partial charge in [-0.15, -0.1) is 29.8 Å². The van der Waals surface area contributed by atoms with E-state index < -0.39 is 34.0 Å². The lowest BCUT2D eigenvalue weighted by atomic mass is 10.8. The maximum atomic E-state index is 6.06. The first-order valence-electron chi connectivity index (χ1n) is 8.21. The van der Waals surface area contributed by atoms with E-state index >= 15 is 0 Å². The molecule has 0 aromatic rings. The Kier molecular flexibility index (Phi) is 18.0. The predicted octanol–water partition coefficient (Wildman–Crippen LogP) is 6.51. The number of hydrogen-bond donors (Lipinski definition) is 0. The SMILES string of the molecule is C=CCCl.C[SiH](C)O[Si](C)(C)C.C[Si](C)(C)O[Si](C)(C)CCCl. The summed E-state index contributed by atoms with van der Waals surface area (Å²) in [5.41, 5.74) is 0. The average molecular weight is 436 g/mol. The van der Waals surface area contributed by atoms with Crippen LogP contribution in [0.15, 0.2) is 12.7 Å². The van der Waals surface area contributed by atoms with Gasteiger partial charge in [-0.3, -0.25) is 0 Å². The summed E-state index contributed by atoms with van der Waals surface area (Å²) in [6, 6.07) is 1.07. The molecule has 2 nitrogen and oxygen atoms in total. The van der Waals surface area contributed by atoms with Gasteiger partial charge in [-0.1, -0.05) is 6.08 Å². The molecule has 0 unspecified atom stereocenters. The van der Waals surface area contributed by atoms with Crippen LogP contribution in [0.25, 0.3) is 0 Å². The Bertz CT molecular complexity index is 288. The third-order valence-electron chi connectivity index (χ3n) is 1.98. The molecule has 0 fully saturated rings. The van der Waals surface area contributed by atoms with Crippen LogP contribution in [0.2, 0.25) is 71.5 Å². The molecular formula is C15H40Cl2O2Si4. The third-order valence-corrected chi connectivity index (χ3v) is 13.5. The van der Waals surface area contributed by atoms with Crippen molar-refractivity contribution in [1.82, 2.24) is 0 Å². The average Bonchev–Trinajstić information content (AvgIpc) is 2.23. The van der Waals surface area contributed by atoms with Gasteiger partial charge in [-0.2, -0.15) is 0 Å². The fourth-order valence-corrected chi connectivity index (χ4v) is 16.3. The standard InChI is InChI=1S/C7H19ClOSi2.C5H16OSi2.C3H5Cl/c1-10(2,3)9-11(4,5)7-6-8;1-7(2)6-8(3,4)5;1-2-3-4/h6-7H2,1-5H3;7H,1-5H3;2H,1,3H2.